The second-order valence-corrected chi connectivity index (χ2v) is 4.55. The average Bonchev–Trinajstić information content (AvgIpc) is 1.68. The molecule has 0 aromatic carbocycles. The fourth-order valence-corrected chi connectivity index (χ4v) is 0.969. The van der Waals surface area contributed by atoms with E-state index in [1.165, 1.54) is 0 Å². The SMILES string of the molecule is [B][B]CP(Cl)CC. The number of hydrogen-bond donors (Lipinski definition) is 0. The first kappa shape index (κ1) is 7.85. The lowest BCUT2D eigenvalue weighted by atomic mass is 9.58. The van der Waals surface area contributed by atoms with Crippen molar-refractivity contribution in [1.82, 2.24) is 0 Å². The summed E-state index contributed by atoms with van der Waals surface area (Å²) in [7, 11) is 6.45. The second kappa shape index (κ2) is 5.00. The molecule has 0 fully saturated rings. The Labute approximate surface area is 53.2 Å². The van der Waals surface area contributed by atoms with Gasteiger partial charge in [-0.25, -0.2) is 0 Å². The van der Waals surface area contributed by atoms with E-state index in [2.05, 4.69) is 6.92 Å². The van der Waals surface area contributed by atoms with Crippen LogP contribution >= 0.6 is 18.5 Å². The van der Waals surface area contributed by atoms with Gasteiger partial charge in [-0.1, -0.05) is 24.2 Å². The van der Waals surface area contributed by atoms with Crippen LogP contribution in [0.1, 0.15) is 6.92 Å². The van der Waals surface area contributed by atoms with E-state index in [0.717, 1.165) is 12.2 Å². The Morgan fingerprint density at radius 3 is 2.57 bits per heavy atom. The smallest absolute Gasteiger partial charge is 0.0618 e. The predicted molar refractivity (Wildman–Crippen MR) is 39.7 cm³/mol. The zero-order chi connectivity index (χ0) is 5.70. The van der Waals surface area contributed by atoms with Crippen LogP contribution in [0, 0.1) is 0 Å². The standard InChI is InChI=1S/C3H7B2ClP/c1-2-7(6)3-5-4/h2-3H2,1H3. The van der Waals surface area contributed by atoms with E-state index >= 15 is 0 Å². The molecule has 0 aromatic heterocycles. The summed E-state index contributed by atoms with van der Waals surface area (Å²) in [4.78, 5) is 0. The molecule has 7 heavy (non-hydrogen) atoms. The van der Waals surface area contributed by atoms with Crippen molar-refractivity contribution in [2.45, 2.75) is 6.92 Å². The van der Waals surface area contributed by atoms with Crippen LogP contribution in [0.4, 0.5) is 0 Å². The van der Waals surface area contributed by atoms with E-state index in [1.807, 2.05) is 0 Å². The maximum atomic E-state index is 5.72. The lowest BCUT2D eigenvalue weighted by molar-refractivity contribution is 1.51. The van der Waals surface area contributed by atoms with Gasteiger partial charge in [0.15, 0.2) is 0 Å². The third-order valence-electron chi connectivity index (χ3n) is 0.647. The van der Waals surface area contributed by atoms with Crippen molar-refractivity contribution >= 4 is 33.4 Å². The van der Waals surface area contributed by atoms with Crippen LogP contribution in [-0.4, -0.2) is 27.1 Å². The summed E-state index contributed by atoms with van der Waals surface area (Å²) < 4.78 is 0. The van der Waals surface area contributed by atoms with Crippen LogP contribution in [0.2, 0.25) is 0 Å². The molecule has 0 aliphatic rings. The van der Waals surface area contributed by atoms with Gasteiger partial charge in [0, 0.05) is 7.74 Å². The molecule has 0 saturated carbocycles. The Bertz CT molecular complexity index is 43.9. The third-order valence-corrected chi connectivity index (χ3v) is 3.07. The zero-order valence-corrected chi connectivity index (χ0v) is 6.04. The lowest BCUT2D eigenvalue weighted by Crippen LogP contribution is -1.93. The predicted octanol–water partition coefficient (Wildman–Crippen LogP) is 1.39. The van der Waals surface area contributed by atoms with Gasteiger partial charge in [-0.3, -0.25) is 0 Å². The Hall–Kier alpha value is 0.850. The molecule has 0 saturated heterocycles. The molecule has 0 aromatic rings. The number of rotatable bonds is 3. The minimum atomic E-state index is -0.287. The van der Waals surface area contributed by atoms with Gasteiger partial charge >= 0.3 is 0 Å². The maximum absolute atomic E-state index is 5.72. The fraction of sp³-hybridized carbons (Fsp3) is 1.00. The van der Waals surface area contributed by atoms with E-state index in [0.29, 0.717) is 0 Å². The highest BCUT2D eigenvalue weighted by molar-refractivity contribution is 7.85. The highest BCUT2D eigenvalue weighted by Crippen LogP contribution is 2.38. The summed E-state index contributed by atoms with van der Waals surface area (Å²) in [5.74, 6) is 0. The van der Waals surface area contributed by atoms with Gasteiger partial charge < -0.3 is 0 Å². The zero-order valence-electron chi connectivity index (χ0n) is 4.39. The van der Waals surface area contributed by atoms with Crippen LogP contribution in [0.15, 0.2) is 0 Å². The molecule has 0 aliphatic carbocycles. The molecule has 0 nitrogen and oxygen atoms in total. The van der Waals surface area contributed by atoms with Crippen molar-refractivity contribution in [2.24, 2.45) is 0 Å². The van der Waals surface area contributed by atoms with Gasteiger partial charge in [0.2, 0.25) is 0 Å². The molecular weight excluding hydrogens is 124 g/mol. The minimum absolute atomic E-state index is 0.287. The van der Waals surface area contributed by atoms with Crippen molar-refractivity contribution in [3.63, 3.8) is 0 Å². The molecule has 3 radical (unpaired) electrons. The molecule has 0 spiro atoms. The molecule has 0 N–H and O–H groups in total. The molecular formula is C3H7B2ClP. The van der Waals surface area contributed by atoms with Gasteiger partial charge in [0.1, 0.15) is 0 Å². The van der Waals surface area contributed by atoms with Crippen molar-refractivity contribution in [3.8, 4) is 0 Å². The molecule has 0 rings (SSSR count). The molecule has 4 heteroatoms. The Morgan fingerprint density at radius 2 is 2.43 bits per heavy atom. The molecule has 0 aliphatic heterocycles. The van der Waals surface area contributed by atoms with E-state index < -0.39 is 0 Å². The summed E-state index contributed by atoms with van der Waals surface area (Å²) in [6, 6.07) is 0.882. The first-order valence-corrected chi connectivity index (χ1v) is 4.87. The number of hydrogen-bond acceptors (Lipinski definition) is 0. The van der Waals surface area contributed by atoms with E-state index in [9.17, 15) is 0 Å². The second-order valence-electron chi connectivity index (χ2n) is 1.20. The Kier molecular flexibility index (Phi) is 5.60. The normalized spacial score (nSPS) is 13.4. The molecule has 1 atom stereocenters. The van der Waals surface area contributed by atoms with Gasteiger partial charge in [0.25, 0.3) is 0 Å². The van der Waals surface area contributed by atoms with Crippen LogP contribution in [0.5, 0.6) is 0 Å². The molecule has 37 valence electrons. The van der Waals surface area contributed by atoms with Crippen molar-refractivity contribution in [1.29, 1.82) is 0 Å². The minimum Gasteiger partial charge on any atom is -0.0972 e. The van der Waals surface area contributed by atoms with E-state index in [1.54, 1.807) is 7.17 Å². The first-order valence-electron chi connectivity index (χ1n) is 2.25. The summed E-state index contributed by atoms with van der Waals surface area (Å²) >= 11 is 5.72. The molecule has 0 heterocycles. The third kappa shape index (κ3) is 4.71. The average molecular weight is 131 g/mol. The maximum Gasteiger partial charge on any atom is 0.0618 e. The summed E-state index contributed by atoms with van der Waals surface area (Å²) in [5.41, 5.74) is 0. The van der Waals surface area contributed by atoms with Gasteiger partial charge in [-0.2, -0.15) is 0 Å². The van der Waals surface area contributed by atoms with Crippen LogP contribution in [0.25, 0.3) is 0 Å². The van der Waals surface area contributed by atoms with E-state index in [-0.39, 0.29) is 7.27 Å². The van der Waals surface area contributed by atoms with Gasteiger partial charge in [0.05, 0.1) is 7.17 Å². The van der Waals surface area contributed by atoms with Crippen LogP contribution < -0.4 is 0 Å². The highest BCUT2D eigenvalue weighted by Gasteiger charge is 1.95. The summed E-state index contributed by atoms with van der Waals surface area (Å²) in [6.45, 7) is 2.07. The van der Waals surface area contributed by atoms with Crippen molar-refractivity contribution in [2.75, 3.05) is 12.2 Å². The Balaban J connectivity index is 2.83. The van der Waals surface area contributed by atoms with Gasteiger partial charge in [-0.05, 0) is 13.4 Å². The first-order chi connectivity index (χ1) is 3.31. The monoisotopic (exact) mass is 131 g/mol. The summed E-state index contributed by atoms with van der Waals surface area (Å²) in [5, 5.41) is 0. The van der Waals surface area contributed by atoms with Crippen molar-refractivity contribution in [3.05, 3.63) is 0 Å². The Morgan fingerprint density at radius 1 is 1.86 bits per heavy atom. The van der Waals surface area contributed by atoms with E-state index in [4.69, 9.17) is 19.0 Å². The topological polar surface area (TPSA) is 0 Å². The molecule has 0 bridgehead atoms. The quantitative estimate of drug-likeness (QED) is 0.401. The fourth-order valence-electron chi connectivity index (χ4n) is 0.243. The van der Waals surface area contributed by atoms with Crippen LogP contribution in [-0.2, 0) is 0 Å². The lowest BCUT2D eigenvalue weighted by Gasteiger charge is -2.00. The van der Waals surface area contributed by atoms with Gasteiger partial charge in [-0.15, -0.1) is 0 Å². The number of halogens is 1. The van der Waals surface area contributed by atoms with Crippen LogP contribution in [0.3, 0.4) is 0 Å². The highest BCUT2D eigenvalue weighted by atomic mass is 35.7. The summed E-state index contributed by atoms with van der Waals surface area (Å²) in [6.07, 6.45) is 1.06. The van der Waals surface area contributed by atoms with Crippen molar-refractivity contribution < 1.29 is 0 Å². The molecule has 0 amide bonds. The molecule has 1 unspecified atom stereocenters. The largest absolute Gasteiger partial charge is 0.0972 e.